The Morgan fingerprint density at radius 1 is 0.938 bits per heavy atom. The van der Waals surface area contributed by atoms with Crippen molar-refractivity contribution in [3.63, 3.8) is 0 Å². The number of hydrogen-bond acceptors (Lipinski definition) is 1. The summed E-state index contributed by atoms with van der Waals surface area (Å²) in [6.07, 6.45) is 9.57. The highest BCUT2D eigenvalue weighted by Gasteiger charge is 2.33. The fourth-order valence-corrected chi connectivity index (χ4v) is 3.72. The van der Waals surface area contributed by atoms with E-state index < -0.39 is 0 Å². The van der Waals surface area contributed by atoms with Gasteiger partial charge in [-0.1, -0.05) is 26.7 Å². The minimum absolute atomic E-state index is 0. The van der Waals surface area contributed by atoms with E-state index in [-0.39, 0.29) is 2.85 Å². The lowest BCUT2D eigenvalue weighted by atomic mass is 9.66. The maximum Gasteiger partial charge on any atom is 0.0658 e. The summed E-state index contributed by atoms with van der Waals surface area (Å²) < 4.78 is 0. The first-order valence-corrected chi connectivity index (χ1v) is 7.10. The third-order valence-electron chi connectivity index (χ3n) is 5.13. The summed E-state index contributed by atoms with van der Waals surface area (Å²) in [5.74, 6) is 3.75. The molecule has 0 aromatic carbocycles. The van der Waals surface area contributed by atoms with Gasteiger partial charge in [-0.2, -0.15) is 5.26 Å². The number of hydrogen-bond donors (Lipinski definition) is 0. The maximum atomic E-state index is 9.17. The molecule has 3 atom stereocenters. The van der Waals surface area contributed by atoms with Crippen LogP contribution in [-0.2, 0) is 0 Å². The molecule has 0 heterocycles. The Morgan fingerprint density at radius 2 is 1.56 bits per heavy atom. The Bertz CT molecular complexity index is 266. The van der Waals surface area contributed by atoms with Crippen LogP contribution in [0.2, 0.25) is 0 Å². The average molecular weight is 223 g/mol. The fourth-order valence-electron chi connectivity index (χ4n) is 3.72. The van der Waals surface area contributed by atoms with Crippen LogP contribution in [0, 0.1) is 40.9 Å². The Morgan fingerprint density at radius 3 is 2.19 bits per heavy atom. The lowest BCUT2D eigenvalue weighted by molar-refractivity contribution is 0.133. The summed E-state index contributed by atoms with van der Waals surface area (Å²) in [6, 6.07) is 2.53. The summed E-state index contributed by atoms with van der Waals surface area (Å²) in [7, 11) is 0. The van der Waals surface area contributed by atoms with Crippen LogP contribution in [0.4, 0.5) is 0 Å². The summed E-state index contributed by atoms with van der Waals surface area (Å²) in [5, 5.41) is 9.17. The van der Waals surface area contributed by atoms with Crippen LogP contribution in [-0.4, -0.2) is 0 Å². The van der Waals surface area contributed by atoms with Crippen molar-refractivity contribution in [3.05, 3.63) is 0 Å². The molecule has 0 amide bonds. The molecule has 0 bridgehead atoms. The topological polar surface area (TPSA) is 23.8 Å². The summed E-state index contributed by atoms with van der Waals surface area (Å²) in [4.78, 5) is 0. The van der Waals surface area contributed by atoms with Gasteiger partial charge in [0.05, 0.1) is 6.07 Å². The second-order valence-corrected chi connectivity index (χ2v) is 6.31. The molecule has 2 saturated carbocycles. The molecule has 0 spiro atoms. The molecule has 0 aromatic heterocycles. The van der Waals surface area contributed by atoms with Crippen molar-refractivity contribution in [2.75, 3.05) is 0 Å². The molecule has 2 aliphatic carbocycles. The van der Waals surface area contributed by atoms with Gasteiger partial charge in [0.2, 0.25) is 0 Å². The van der Waals surface area contributed by atoms with Crippen molar-refractivity contribution in [2.45, 2.75) is 58.8 Å². The zero-order valence-electron chi connectivity index (χ0n) is 10.8. The van der Waals surface area contributed by atoms with Crippen LogP contribution >= 0.6 is 0 Å². The highest BCUT2D eigenvalue weighted by molar-refractivity contribution is 4.93. The molecule has 1 nitrogen and oxygen atoms in total. The van der Waals surface area contributed by atoms with E-state index in [9.17, 15) is 0 Å². The van der Waals surface area contributed by atoms with Crippen LogP contribution < -0.4 is 0 Å². The SMILES string of the molecule is CC1CCC(C2CCC(C)C(C#N)C2)CC1.[HH].[HH]. The van der Waals surface area contributed by atoms with Gasteiger partial charge in [-0.25, -0.2) is 0 Å². The van der Waals surface area contributed by atoms with Gasteiger partial charge in [-0.05, 0) is 55.8 Å². The van der Waals surface area contributed by atoms with E-state index in [0.29, 0.717) is 11.8 Å². The third-order valence-corrected chi connectivity index (χ3v) is 5.13. The summed E-state index contributed by atoms with van der Waals surface area (Å²) in [6.45, 7) is 4.64. The Labute approximate surface area is 103 Å². The van der Waals surface area contributed by atoms with E-state index in [2.05, 4.69) is 19.9 Å². The molecule has 1 heteroatoms. The molecular formula is C15H29N. The largest absolute Gasteiger partial charge is 0.198 e. The number of nitriles is 1. The van der Waals surface area contributed by atoms with Crippen molar-refractivity contribution in [1.82, 2.24) is 0 Å². The summed E-state index contributed by atoms with van der Waals surface area (Å²) >= 11 is 0. The second kappa shape index (κ2) is 5.21. The van der Waals surface area contributed by atoms with Crippen LogP contribution in [0.5, 0.6) is 0 Å². The van der Waals surface area contributed by atoms with Crippen LogP contribution in [0.1, 0.15) is 61.6 Å². The molecule has 0 aliphatic heterocycles. The molecule has 2 fully saturated rings. The van der Waals surface area contributed by atoms with E-state index >= 15 is 0 Å². The average Bonchev–Trinajstić information content (AvgIpc) is 2.31. The lowest BCUT2D eigenvalue weighted by Gasteiger charge is -2.38. The molecule has 3 unspecified atom stereocenters. The highest BCUT2D eigenvalue weighted by Crippen LogP contribution is 2.43. The summed E-state index contributed by atoms with van der Waals surface area (Å²) in [5.41, 5.74) is 0. The molecule has 94 valence electrons. The second-order valence-electron chi connectivity index (χ2n) is 6.31. The zero-order chi connectivity index (χ0) is 11.5. The van der Waals surface area contributed by atoms with Gasteiger partial charge in [0, 0.05) is 8.77 Å². The van der Waals surface area contributed by atoms with Crippen LogP contribution in [0.25, 0.3) is 0 Å². The number of rotatable bonds is 1. The van der Waals surface area contributed by atoms with Crippen molar-refractivity contribution >= 4 is 0 Å². The Balaban J connectivity index is 0.00000144. The van der Waals surface area contributed by atoms with Crippen molar-refractivity contribution in [3.8, 4) is 6.07 Å². The van der Waals surface area contributed by atoms with Crippen molar-refractivity contribution in [2.24, 2.45) is 29.6 Å². The van der Waals surface area contributed by atoms with E-state index in [1.807, 2.05) is 0 Å². The molecule has 16 heavy (non-hydrogen) atoms. The van der Waals surface area contributed by atoms with Crippen molar-refractivity contribution < 1.29 is 2.85 Å². The molecule has 2 rings (SSSR count). The maximum absolute atomic E-state index is 9.17. The predicted molar refractivity (Wildman–Crippen MR) is 71.0 cm³/mol. The van der Waals surface area contributed by atoms with E-state index in [1.165, 1.54) is 44.9 Å². The normalized spacial score (nSPS) is 44.9. The lowest BCUT2D eigenvalue weighted by Crippen LogP contribution is -2.29. The molecule has 0 aromatic rings. The van der Waals surface area contributed by atoms with Crippen LogP contribution in [0.3, 0.4) is 0 Å². The molecule has 0 saturated heterocycles. The quantitative estimate of drug-likeness (QED) is 0.621. The monoisotopic (exact) mass is 223 g/mol. The molecule has 2 aliphatic rings. The first-order valence-electron chi connectivity index (χ1n) is 7.10. The van der Waals surface area contributed by atoms with Gasteiger partial charge in [0.25, 0.3) is 0 Å². The molecule has 0 N–H and O–H groups in total. The van der Waals surface area contributed by atoms with Gasteiger partial charge in [-0.3, -0.25) is 0 Å². The van der Waals surface area contributed by atoms with E-state index in [0.717, 1.165) is 17.8 Å². The van der Waals surface area contributed by atoms with Crippen molar-refractivity contribution in [1.29, 1.82) is 5.26 Å². The Kier molecular flexibility index (Phi) is 3.90. The zero-order valence-corrected chi connectivity index (χ0v) is 10.8. The van der Waals surface area contributed by atoms with Gasteiger partial charge in [-0.15, -0.1) is 0 Å². The van der Waals surface area contributed by atoms with E-state index in [1.54, 1.807) is 0 Å². The first-order chi connectivity index (χ1) is 7.70. The van der Waals surface area contributed by atoms with Crippen LogP contribution in [0.15, 0.2) is 0 Å². The number of nitrogens with zero attached hydrogens (tertiary/aromatic N) is 1. The highest BCUT2D eigenvalue weighted by atomic mass is 14.4. The van der Waals surface area contributed by atoms with Gasteiger partial charge in [0.1, 0.15) is 0 Å². The fraction of sp³-hybridized carbons (Fsp3) is 0.933. The molecular weight excluding hydrogens is 194 g/mol. The van der Waals surface area contributed by atoms with Gasteiger partial charge >= 0.3 is 0 Å². The minimum Gasteiger partial charge on any atom is -0.198 e. The van der Waals surface area contributed by atoms with Gasteiger partial charge < -0.3 is 0 Å². The van der Waals surface area contributed by atoms with Gasteiger partial charge in [0.15, 0.2) is 0 Å². The standard InChI is InChI=1S/C15H25N.2H2/c1-11-3-6-13(7-4-11)14-8-5-12(2)15(9-14)10-16;;/h11-15H,3-9H2,1-2H3;2*1H. The third kappa shape index (κ3) is 2.59. The smallest absolute Gasteiger partial charge is 0.0658 e. The first kappa shape index (κ1) is 12.0. The predicted octanol–water partition coefficient (Wildman–Crippen LogP) is 4.88. The Hall–Kier alpha value is -0.510. The molecule has 0 radical (unpaired) electrons. The minimum atomic E-state index is 0. The van der Waals surface area contributed by atoms with E-state index in [4.69, 9.17) is 5.26 Å².